The normalized spacial score (nSPS) is 12.3. The molecule has 1 atom stereocenters. The summed E-state index contributed by atoms with van der Waals surface area (Å²) in [5.74, 6) is 0.898. The third-order valence-electron chi connectivity index (χ3n) is 3.33. The summed E-state index contributed by atoms with van der Waals surface area (Å²) in [6.45, 7) is 4.15. The van der Waals surface area contributed by atoms with Crippen molar-refractivity contribution >= 4 is 22.6 Å². The Kier molecular flexibility index (Phi) is 4.47. The van der Waals surface area contributed by atoms with E-state index in [0.29, 0.717) is 0 Å². The molecule has 0 heterocycles. The summed E-state index contributed by atoms with van der Waals surface area (Å²) >= 11 is 2.36. The molecule has 1 unspecified atom stereocenters. The Labute approximate surface area is 128 Å². The maximum absolute atomic E-state index is 6.40. The van der Waals surface area contributed by atoms with Crippen LogP contribution in [-0.4, -0.2) is 7.11 Å². The Morgan fingerprint density at radius 1 is 1.11 bits per heavy atom. The van der Waals surface area contributed by atoms with Gasteiger partial charge in [-0.3, -0.25) is 0 Å². The van der Waals surface area contributed by atoms with Crippen LogP contribution in [0.2, 0.25) is 0 Å². The van der Waals surface area contributed by atoms with Gasteiger partial charge in [-0.15, -0.1) is 0 Å². The van der Waals surface area contributed by atoms with E-state index >= 15 is 0 Å². The van der Waals surface area contributed by atoms with Gasteiger partial charge >= 0.3 is 0 Å². The second-order valence-corrected chi connectivity index (χ2v) is 5.76. The van der Waals surface area contributed by atoms with Crippen LogP contribution in [0, 0.1) is 17.4 Å². The van der Waals surface area contributed by atoms with E-state index in [2.05, 4.69) is 53.8 Å². The van der Waals surface area contributed by atoms with Crippen LogP contribution in [-0.2, 0) is 0 Å². The molecule has 0 saturated heterocycles. The van der Waals surface area contributed by atoms with Gasteiger partial charge < -0.3 is 10.5 Å². The topological polar surface area (TPSA) is 35.2 Å². The Bertz CT molecular complexity index is 595. The first-order chi connectivity index (χ1) is 9.04. The highest BCUT2D eigenvalue weighted by molar-refractivity contribution is 14.1. The van der Waals surface area contributed by atoms with Gasteiger partial charge in [0.1, 0.15) is 5.75 Å². The maximum Gasteiger partial charge on any atom is 0.121 e. The van der Waals surface area contributed by atoms with Crippen LogP contribution in [0.4, 0.5) is 0 Å². The van der Waals surface area contributed by atoms with E-state index in [1.807, 2.05) is 19.1 Å². The highest BCUT2D eigenvalue weighted by Gasteiger charge is 2.14. The molecule has 2 aromatic rings. The number of ether oxygens (including phenoxy) is 1. The smallest absolute Gasteiger partial charge is 0.121 e. The van der Waals surface area contributed by atoms with Crippen molar-refractivity contribution in [1.82, 2.24) is 0 Å². The van der Waals surface area contributed by atoms with Gasteiger partial charge in [-0.25, -0.2) is 0 Å². The van der Waals surface area contributed by atoms with Crippen molar-refractivity contribution in [3.63, 3.8) is 0 Å². The third-order valence-corrected chi connectivity index (χ3v) is 4.81. The Balaban J connectivity index is 2.41. The monoisotopic (exact) mass is 367 g/mol. The summed E-state index contributed by atoms with van der Waals surface area (Å²) in [6.07, 6.45) is 0. The first-order valence-corrected chi connectivity index (χ1v) is 7.27. The Hall–Kier alpha value is -1.07. The summed E-state index contributed by atoms with van der Waals surface area (Å²) < 4.78 is 6.52. The lowest BCUT2D eigenvalue weighted by molar-refractivity contribution is 0.411. The number of hydrogen-bond donors (Lipinski definition) is 1. The molecule has 19 heavy (non-hydrogen) atoms. The zero-order valence-corrected chi connectivity index (χ0v) is 13.6. The first kappa shape index (κ1) is 14.3. The van der Waals surface area contributed by atoms with Crippen molar-refractivity contribution in [2.75, 3.05) is 7.11 Å². The van der Waals surface area contributed by atoms with Gasteiger partial charge in [0.25, 0.3) is 0 Å². The summed E-state index contributed by atoms with van der Waals surface area (Å²) in [6, 6.07) is 12.3. The zero-order valence-electron chi connectivity index (χ0n) is 11.4. The Morgan fingerprint density at radius 2 is 1.84 bits per heavy atom. The third kappa shape index (κ3) is 2.92. The minimum atomic E-state index is -0.101. The lowest BCUT2D eigenvalue weighted by Crippen LogP contribution is -2.14. The van der Waals surface area contributed by atoms with Gasteiger partial charge in [-0.05, 0) is 64.8 Å². The number of aryl methyl sites for hydroxylation is 2. The summed E-state index contributed by atoms with van der Waals surface area (Å²) in [7, 11) is 1.69. The van der Waals surface area contributed by atoms with Gasteiger partial charge in [-0.2, -0.15) is 0 Å². The lowest BCUT2D eigenvalue weighted by atomic mass is 9.97. The van der Waals surface area contributed by atoms with Crippen LogP contribution < -0.4 is 10.5 Å². The van der Waals surface area contributed by atoms with Crippen LogP contribution in [0.15, 0.2) is 36.4 Å². The second-order valence-electron chi connectivity index (χ2n) is 4.68. The van der Waals surface area contributed by atoms with Gasteiger partial charge in [0.05, 0.1) is 13.2 Å². The molecule has 2 N–H and O–H groups in total. The molecule has 0 aliphatic heterocycles. The fourth-order valence-electron chi connectivity index (χ4n) is 2.18. The van der Waals surface area contributed by atoms with E-state index in [1.165, 1.54) is 14.7 Å². The Morgan fingerprint density at radius 3 is 2.47 bits per heavy atom. The molecule has 100 valence electrons. The van der Waals surface area contributed by atoms with Crippen molar-refractivity contribution < 1.29 is 4.74 Å². The van der Waals surface area contributed by atoms with Gasteiger partial charge in [0.15, 0.2) is 0 Å². The van der Waals surface area contributed by atoms with Gasteiger partial charge in [0.2, 0.25) is 0 Å². The minimum absolute atomic E-state index is 0.101. The van der Waals surface area contributed by atoms with E-state index in [9.17, 15) is 0 Å². The molecular weight excluding hydrogens is 349 g/mol. The van der Waals surface area contributed by atoms with Crippen molar-refractivity contribution in [1.29, 1.82) is 0 Å². The quantitative estimate of drug-likeness (QED) is 0.834. The molecule has 3 heteroatoms. The molecule has 0 radical (unpaired) electrons. The van der Waals surface area contributed by atoms with Crippen molar-refractivity contribution in [3.8, 4) is 5.75 Å². The highest BCUT2D eigenvalue weighted by Crippen LogP contribution is 2.29. The largest absolute Gasteiger partial charge is 0.496 e. The molecular formula is C16H18INO. The van der Waals surface area contributed by atoms with Gasteiger partial charge in [0, 0.05) is 3.57 Å². The summed E-state index contributed by atoms with van der Waals surface area (Å²) in [5.41, 5.74) is 11.1. The molecule has 0 fully saturated rings. The zero-order chi connectivity index (χ0) is 14.0. The molecule has 0 bridgehead atoms. The summed E-state index contributed by atoms with van der Waals surface area (Å²) in [4.78, 5) is 0. The number of nitrogens with two attached hydrogens (primary N) is 1. The van der Waals surface area contributed by atoms with E-state index in [1.54, 1.807) is 7.11 Å². The number of rotatable bonds is 3. The highest BCUT2D eigenvalue weighted by atomic mass is 127. The molecule has 0 aromatic heterocycles. The number of methoxy groups -OCH3 is 1. The van der Waals surface area contributed by atoms with Crippen LogP contribution in [0.5, 0.6) is 5.75 Å². The van der Waals surface area contributed by atoms with Crippen LogP contribution >= 0.6 is 22.6 Å². The molecule has 2 nitrogen and oxygen atoms in total. The fraction of sp³-hybridized carbons (Fsp3) is 0.250. The molecule has 2 rings (SSSR count). The summed E-state index contributed by atoms with van der Waals surface area (Å²) in [5, 5.41) is 0. The number of benzene rings is 2. The van der Waals surface area contributed by atoms with E-state index in [0.717, 1.165) is 16.9 Å². The predicted octanol–water partition coefficient (Wildman–Crippen LogP) is 3.96. The minimum Gasteiger partial charge on any atom is -0.496 e. The lowest BCUT2D eigenvalue weighted by Gasteiger charge is -2.17. The van der Waals surface area contributed by atoms with Crippen LogP contribution in [0.1, 0.15) is 28.3 Å². The van der Waals surface area contributed by atoms with Crippen LogP contribution in [0.25, 0.3) is 0 Å². The van der Waals surface area contributed by atoms with Crippen LogP contribution in [0.3, 0.4) is 0 Å². The SMILES string of the molecule is COc1ccc(C(N)c2cccc(C)c2I)cc1C. The van der Waals surface area contributed by atoms with Crippen molar-refractivity contribution in [3.05, 3.63) is 62.2 Å². The fourth-order valence-corrected chi connectivity index (χ4v) is 2.88. The van der Waals surface area contributed by atoms with Crippen molar-refractivity contribution in [2.24, 2.45) is 5.73 Å². The average Bonchev–Trinajstić information content (AvgIpc) is 2.41. The number of halogens is 1. The predicted molar refractivity (Wildman–Crippen MR) is 87.7 cm³/mol. The molecule has 0 amide bonds. The van der Waals surface area contributed by atoms with Crippen molar-refractivity contribution in [2.45, 2.75) is 19.9 Å². The maximum atomic E-state index is 6.40. The molecule has 0 aliphatic rings. The standard InChI is InChI=1S/C16H18INO/c1-10-5-4-6-13(15(10)17)16(18)12-7-8-14(19-3)11(2)9-12/h4-9,16H,18H2,1-3H3. The molecule has 0 spiro atoms. The first-order valence-electron chi connectivity index (χ1n) is 6.19. The van der Waals surface area contributed by atoms with E-state index < -0.39 is 0 Å². The average molecular weight is 367 g/mol. The number of hydrogen-bond acceptors (Lipinski definition) is 2. The van der Waals surface area contributed by atoms with E-state index in [4.69, 9.17) is 10.5 Å². The van der Waals surface area contributed by atoms with E-state index in [-0.39, 0.29) is 6.04 Å². The molecule has 2 aromatic carbocycles. The molecule has 0 aliphatic carbocycles. The molecule has 0 saturated carbocycles. The second kappa shape index (κ2) is 5.92. The van der Waals surface area contributed by atoms with Gasteiger partial charge in [-0.1, -0.05) is 30.3 Å².